The Hall–Kier alpha value is -4.06. The number of hydrogen-bond donors (Lipinski definition) is 5. The number of benzene rings is 1. The fourth-order valence-electron chi connectivity index (χ4n) is 4.05. The molecule has 0 saturated heterocycles. The maximum Gasteiger partial charge on any atom is 0.331 e. The van der Waals surface area contributed by atoms with Gasteiger partial charge >= 0.3 is 11.4 Å². The molecule has 0 amide bonds. The monoisotopic (exact) mass is 459 g/mol. The number of H-pyrrole nitrogens is 2. The molecule has 0 fully saturated rings. The van der Waals surface area contributed by atoms with Gasteiger partial charge in [0, 0.05) is 23.7 Å². The van der Waals surface area contributed by atoms with Gasteiger partial charge < -0.3 is 21.1 Å². The summed E-state index contributed by atoms with van der Waals surface area (Å²) in [5, 5.41) is 20.9. The predicted octanol–water partition coefficient (Wildman–Crippen LogP) is 1.41. The molecule has 3 aromatic rings. The summed E-state index contributed by atoms with van der Waals surface area (Å²) in [5.41, 5.74) is -3.14. The van der Waals surface area contributed by atoms with Crippen molar-refractivity contribution in [3.8, 4) is 23.3 Å². The van der Waals surface area contributed by atoms with Crippen molar-refractivity contribution in [3.63, 3.8) is 0 Å². The molecule has 1 aliphatic heterocycles. The summed E-state index contributed by atoms with van der Waals surface area (Å²) in [6.45, 7) is 6.60. The van der Waals surface area contributed by atoms with Gasteiger partial charge in [0.05, 0.1) is 17.0 Å². The zero-order chi connectivity index (χ0) is 23.5. The van der Waals surface area contributed by atoms with E-state index in [1.54, 1.807) is 27.7 Å². The molecule has 2 aromatic heterocycles. The fourth-order valence-corrected chi connectivity index (χ4v) is 4.05. The number of phenols is 1. The number of aromatic hydroxyl groups is 2. The van der Waals surface area contributed by atoms with Crippen LogP contribution in [0.15, 0.2) is 37.4 Å². The summed E-state index contributed by atoms with van der Waals surface area (Å²) < 4.78 is 7.67. The van der Waals surface area contributed by atoms with Crippen molar-refractivity contribution in [2.24, 2.45) is 0 Å². The summed E-state index contributed by atoms with van der Waals surface area (Å²) >= 11 is 0. The third-order valence-corrected chi connectivity index (χ3v) is 5.42. The minimum absolute atomic E-state index is 0. The molecule has 176 valence electrons. The van der Waals surface area contributed by atoms with E-state index in [2.05, 4.69) is 9.97 Å². The van der Waals surface area contributed by atoms with E-state index in [0.717, 1.165) is 9.13 Å². The van der Waals surface area contributed by atoms with Crippen molar-refractivity contribution in [2.45, 2.75) is 45.7 Å². The molecule has 0 saturated carbocycles. The first-order valence-electron chi connectivity index (χ1n) is 10.00. The van der Waals surface area contributed by atoms with Crippen LogP contribution in [0.5, 0.6) is 23.3 Å². The van der Waals surface area contributed by atoms with Gasteiger partial charge in [-0.25, -0.2) is 9.59 Å². The molecule has 1 unspecified atom stereocenters. The van der Waals surface area contributed by atoms with Crippen LogP contribution in [0.4, 0.5) is 0 Å². The number of hydrogen-bond acceptors (Lipinski definition) is 8. The van der Waals surface area contributed by atoms with Crippen LogP contribution in [0.2, 0.25) is 0 Å². The maximum absolute atomic E-state index is 13.4. The van der Waals surface area contributed by atoms with Crippen molar-refractivity contribution in [1.29, 1.82) is 0 Å². The van der Waals surface area contributed by atoms with E-state index in [4.69, 9.17) is 4.74 Å². The highest BCUT2D eigenvalue weighted by molar-refractivity contribution is 5.58. The summed E-state index contributed by atoms with van der Waals surface area (Å²) in [6.07, 6.45) is 0. The van der Waals surface area contributed by atoms with Crippen LogP contribution < -0.4 is 33.4 Å². The highest BCUT2D eigenvalue weighted by Crippen LogP contribution is 2.46. The number of nitrogens with zero attached hydrogens (tertiary/aromatic N) is 2. The molecule has 12 nitrogen and oxygen atoms in total. The zero-order valence-electron chi connectivity index (χ0n) is 18.5. The number of aromatic amines is 2. The molecular weight excluding hydrogens is 434 g/mol. The topological polar surface area (TPSA) is 194 Å². The number of rotatable bonds is 3. The second-order valence-electron chi connectivity index (χ2n) is 8.16. The molecule has 12 heteroatoms. The quantitative estimate of drug-likeness (QED) is 0.303. The molecule has 1 atom stereocenters. The highest BCUT2D eigenvalue weighted by Gasteiger charge is 2.38. The third-order valence-electron chi connectivity index (χ3n) is 5.42. The van der Waals surface area contributed by atoms with Crippen molar-refractivity contribution in [1.82, 2.24) is 25.3 Å². The second kappa shape index (κ2) is 8.13. The molecule has 3 heterocycles. The van der Waals surface area contributed by atoms with Crippen LogP contribution in [0.25, 0.3) is 0 Å². The number of ether oxygens (including phenoxy) is 1. The molecule has 33 heavy (non-hydrogen) atoms. The van der Waals surface area contributed by atoms with Crippen LogP contribution in [0.3, 0.4) is 0 Å². The van der Waals surface area contributed by atoms with E-state index in [-0.39, 0.29) is 34.7 Å². The standard InChI is InChI=1S/C21H22N4O7.H3N/c1-8(2)24-18(28)14(16(27)22-20(24)30)13-11-6-5-10(26)7-12(11)32-17-15(13)19(29)25(9(3)4)21(31)23-17;/h5-9,13,26,28H,1-4H3,(H,23,31)(H,22,27,30);1H3. The molecule has 1 aliphatic rings. The lowest BCUT2D eigenvalue weighted by Gasteiger charge is -2.28. The van der Waals surface area contributed by atoms with E-state index in [1.807, 2.05) is 0 Å². The first-order valence-corrected chi connectivity index (χ1v) is 10.00. The second-order valence-corrected chi connectivity index (χ2v) is 8.16. The average Bonchev–Trinajstić information content (AvgIpc) is 2.65. The zero-order valence-corrected chi connectivity index (χ0v) is 18.5. The molecule has 0 bridgehead atoms. The van der Waals surface area contributed by atoms with Gasteiger partial charge in [0.1, 0.15) is 11.5 Å². The molecule has 7 N–H and O–H groups in total. The van der Waals surface area contributed by atoms with Gasteiger partial charge in [-0.3, -0.25) is 28.7 Å². The first-order chi connectivity index (χ1) is 15.0. The Morgan fingerprint density at radius 3 is 2.12 bits per heavy atom. The first kappa shape index (κ1) is 23.6. The highest BCUT2D eigenvalue weighted by atomic mass is 16.5. The van der Waals surface area contributed by atoms with Gasteiger partial charge in [0.2, 0.25) is 11.8 Å². The van der Waals surface area contributed by atoms with E-state index in [0.29, 0.717) is 5.56 Å². The van der Waals surface area contributed by atoms with Crippen LogP contribution in [-0.2, 0) is 0 Å². The molecular formula is C21H25N5O7. The Kier molecular flexibility index (Phi) is 5.81. The van der Waals surface area contributed by atoms with Crippen molar-refractivity contribution >= 4 is 0 Å². The summed E-state index contributed by atoms with van der Waals surface area (Å²) in [4.78, 5) is 55.8. The van der Waals surface area contributed by atoms with Gasteiger partial charge in [-0.05, 0) is 33.8 Å². The van der Waals surface area contributed by atoms with Gasteiger partial charge in [-0.1, -0.05) is 6.07 Å². The number of nitrogens with one attached hydrogen (secondary N) is 2. The minimum atomic E-state index is -1.18. The predicted molar refractivity (Wildman–Crippen MR) is 119 cm³/mol. The van der Waals surface area contributed by atoms with E-state index in [9.17, 15) is 29.4 Å². The normalized spacial score (nSPS) is 14.4. The Bertz CT molecular complexity index is 1470. The number of fused-ring (bicyclic) bond motifs is 2. The summed E-state index contributed by atoms with van der Waals surface area (Å²) in [5.74, 6) is -2.05. The lowest BCUT2D eigenvalue weighted by molar-refractivity contribution is 0.368. The van der Waals surface area contributed by atoms with E-state index >= 15 is 0 Å². The Labute approximate surface area is 186 Å². The minimum Gasteiger partial charge on any atom is -0.508 e. The van der Waals surface area contributed by atoms with Crippen LogP contribution in [0, 0.1) is 0 Å². The molecule has 0 spiro atoms. The fraction of sp³-hybridized carbons (Fsp3) is 0.333. The van der Waals surface area contributed by atoms with Crippen LogP contribution in [0.1, 0.15) is 62.4 Å². The van der Waals surface area contributed by atoms with Gasteiger partial charge in [-0.15, -0.1) is 0 Å². The Morgan fingerprint density at radius 2 is 1.52 bits per heavy atom. The summed E-state index contributed by atoms with van der Waals surface area (Å²) in [7, 11) is 0. The van der Waals surface area contributed by atoms with Gasteiger partial charge in [0.25, 0.3) is 11.1 Å². The lowest BCUT2D eigenvalue weighted by atomic mass is 9.84. The molecule has 0 aliphatic carbocycles. The smallest absolute Gasteiger partial charge is 0.331 e. The Balaban J connectivity index is 0.00000306. The number of phenolic OH excluding ortho intramolecular Hbond substituents is 1. The van der Waals surface area contributed by atoms with E-state index < -0.39 is 46.4 Å². The molecule has 0 radical (unpaired) electrons. The molecule has 4 rings (SSSR count). The third kappa shape index (κ3) is 3.53. The lowest BCUT2D eigenvalue weighted by Crippen LogP contribution is -2.42. The van der Waals surface area contributed by atoms with Crippen molar-refractivity contribution in [3.05, 3.63) is 76.6 Å². The summed E-state index contributed by atoms with van der Waals surface area (Å²) in [6, 6.07) is 3.05. The van der Waals surface area contributed by atoms with Gasteiger partial charge in [0.15, 0.2) is 0 Å². The average molecular weight is 459 g/mol. The largest absolute Gasteiger partial charge is 0.508 e. The maximum atomic E-state index is 13.4. The van der Waals surface area contributed by atoms with Crippen LogP contribution >= 0.6 is 0 Å². The van der Waals surface area contributed by atoms with Gasteiger partial charge in [-0.2, -0.15) is 0 Å². The van der Waals surface area contributed by atoms with Crippen LogP contribution in [-0.4, -0.2) is 29.3 Å². The Morgan fingerprint density at radius 1 is 0.909 bits per heavy atom. The number of aromatic nitrogens is 4. The molecule has 1 aromatic carbocycles. The SMILES string of the molecule is CC(C)n1c(O)c(C2c3ccc(O)cc3Oc3[nH]c(=O)n(C(C)C)c(=O)c32)c(=O)[nH]c1=O.N. The van der Waals surface area contributed by atoms with E-state index in [1.165, 1.54) is 18.2 Å². The van der Waals surface area contributed by atoms with Crippen molar-refractivity contribution in [2.75, 3.05) is 0 Å². The van der Waals surface area contributed by atoms with Crippen molar-refractivity contribution < 1.29 is 14.9 Å².